The molecule has 0 saturated carbocycles. The quantitative estimate of drug-likeness (QED) is 0.127. The molecule has 1 heterocycles. The first-order valence-electron chi connectivity index (χ1n) is 13.8. The molecule has 5 atom stereocenters. The summed E-state index contributed by atoms with van der Waals surface area (Å²) in [6.45, 7) is 2.24. The largest absolute Gasteiger partial charge is 0.509 e. The topological polar surface area (TPSA) is 116 Å². The SMILES string of the molecule is CCCCCCCCCCCCCCCC(=O)O[C@H]1C(O)O[C@H](C(O)=Cc2ccccc2)[C@@H](O)[C@@H]1O. The van der Waals surface area contributed by atoms with E-state index in [1.54, 1.807) is 24.3 Å². The Hall–Kier alpha value is -1.93. The number of unbranched alkanes of at least 4 members (excludes halogenated alkanes) is 12. The molecule has 0 amide bonds. The molecule has 1 aromatic carbocycles. The molecule has 1 aliphatic rings. The van der Waals surface area contributed by atoms with Crippen LogP contribution >= 0.6 is 0 Å². The summed E-state index contributed by atoms with van der Waals surface area (Å²) in [6, 6.07) is 8.89. The number of esters is 1. The lowest BCUT2D eigenvalue weighted by atomic mass is 9.96. The van der Waals surface area contributed by atoms with Gasteiger partial charge in [0.25, 0.3) is 0 Å². The van der Waals surface area contributed by atoms with E-state index >= 15 is 0 Å². The molecule has 1 unspecified atom stereocenters. The molecule has 1 saturated heterocycles. The van der Waals surface area contributed by atoms with Crippen LogP contribution in [-0.2, 0) is 14.3 Å². The zero-order valence-electron chi connectivity index (χ0n) is 21.8. The van der Waals surface area contributed by atoms with E-state index in [0.717, 1.165) is 19.3 Å². The lowest BCUT2D eigenvalue weighted by Crippen LogP contribution is -2.59. The summed E-state index contributed by atoms with van der Waals surface area (Å²) in [7, 11) is 0. The Morgan fingerprint density at radius 3 is 1.92 bits per heavy atom. The van der Waals surface area contributed by atoms with Crippen LogP contribution in [0.1, 0.15) is 102 Å². The summed E-state index contributed by atoms with van der Waals surface area (Å²) in [5.41, 5.74) is 0.668. The lowest BCUT2D eigenvalue weighted by molar-refractivity contribution is -0.282. The van der Waals surface area contributed by atoms with Gasteiger partial charge in [-0.3, -0.25) is 4.79 Å². The third-order valence-electron chi connectivity index (χ3n) is 6.72. The first kappa shape index (κ1) is 30.3. The number of hydrogen-bond acceptors (Lipinski definition) is 7. The Morgan fingerprint density at radius 2 is 1.36 bits per heavy atom. The first-order valence-corrected chi connectivity index (χ1v) is 13.8. The second kappa shape index (κ2) is 17.5. The van der Waals surface area contributed by atoms with Crippen LogP contribution in [-0.4, -0.2) is 57.1 Å². The van der Waals surface area contributed by atoms with Crippen LogP contribution in [0.25, 0.3) is 6.08 Å². The standard InChI is InChI=1S/C29H46O7/c1-2-3-4-5-6-7-8-9-10-11-12-13-17-20-24(31)35-28-26(33)25(32)27(36-29(28)34)23(30)21-22-18-15-14-16-19-22/h14-16,18-19,21,25-30,32-34H,2-13,17,20H2,1H3/t25-,26-,27+,28+,29?/m0/s1. The number of carbonyl (C=O) groups is 1. The van der Waals surface area contributed by atoms with Crippen LogP contribution in [0.2, 0.25) is 0 Å². The van der Waals surface area contributed by atoms with Crippen molar-refractivity contribution in [3.8, 4) is 0 Å². The van der Waals surface area contributed by atoms with E-state index in [-0.39, 0.29) is 12.2 Å². The number of rotatable bonds is 17. The average molecular weight is 507 g/mol. The van der Waals surface area contributed by atoms with Crippen molar-refractivity contribution in [2.75, 3.05) is 0 Å². The molecule has 204 valence electrons. The number of aliphatic hydroxyl groups excluding tert-OH is 4. The van der Waals surface area contributed by atoms with E-state index in [1.165, 1.54) is 63.9 Å². The Labute approximate surface area is 216 Å². The van der Waals surface area contributed by atoms with Crippen LogP contribution in [0.4, 0.5) is 0 Å². The summed E-state index contributed by atoms with van der Waals surface area (Å²) in [4.78, 5) is 12.2. The molecule has 0 radical (unpaired) electrons. The minimum Gasteiger partial charge on any atom is -0.509 e. The van der Waals surface area contributed by atoms with Crippen molar-refractivity contribution >= 4 is 12.0 Å². The molecule has 4 N–H and O–H groups in total. The Balaban J connectivity index is 1.60. The maximum atomic E-state index is 12.2. The van der Waals surface area contributed by atoms with Gasteiger partial charge in [0.1, 0.15) is 24.1 Å². The second-order valence-electron chi connectivity index (χ2n) is 9.86. The van der Waals surface area contributed by atoms with Crippen molar-refractivity contribution in [3.63, 3.8) is 0 Å². The first-order chi connectivity index (χ1) is 17.4. The molecular formula is C29H46O7. The van der Waals surface area contributed by atoms with E-state index in [0.29, 0.717) is 12.0 Å². The van der Waals surface area contributed by atoms with Crippen molar-refractivity contribution in [1.82, 2.24) is 0 Å². The van der Waals surface area contributed by atoms with Gasteiger partial charge in [-0.1, -0.05) is 114 Å². The second-order valence-corrected chi connectivity index (χ2v) is 9.86. The summed E-state index contributed by atoms with van der Waals surface area (Å²) in [6.07, 6.45) is 9.61. The molecule has 7 nitrogen and oxygen atoms in total. The van der Waals surface area contributed by atoms with E-state index in [9.17, 15) is 25.2 Å². The fourth-order valence-electron chi connectivity index (χ4n) is 4.52. The van der Waals surface area contributed by atoms with Crippen molar-refractivity contribution in [3.05, 3.63) is 41.7 Å². The molecule has 1 fully saturated rings. The van der Waals surface area contributed by atoms with Gasteiger partial charge in [-0.2, -0.15) is 0 Å². The summed E-state index contributed by atoms with van der Waals surface area (Å²) < 4.78 is 10.5. The Kier molecular flexibility index (Phi) is 14.7. The highest BCUT2D eigenvalue weighted by Gasteiger charge is 2.47. The highest BCUT2D eigenvalue weighted by molar-refractivity contribution is 5.69. The van der Waals surface area contributed by atoms with E-state index in [4.69, 9.17) is 9.47 Å². The summed E-state index contributed by atoms with van der Waals surface area (Å²) >= 11 is 0. The van der Waals surface area contributed by atoms with E-state index in [2.05, 4.69) is 6.92 Å². The number of ether oxygens (including phenoxy) is 2. The molecular weight excluding hydrogens is 460 g/mol. The third-order valence-corrected chi connectivity index (χ3v) is 6.72. The molecule has 0 bridgehead atoms. The lowest BCUT2D eigenvalue weighted by Gasteiger charge is -2.39. The van der Waals surface area contributed by atoms with Gasteiger partial charge in [-0.15, -0.1) is 0 Å². The molecule has 0 spiro atoms. The van der Waals surface area contributed by atoms with E-state index < -0.39 is 36.7 Å². The molecule has 2 rings (SSSR count). The van der Waals surface area contributed by atoms with Crippen LogP contribution < -0.4 is 0 Å². The molecule has 0 aliphatic carbocycles. The molecule has 36 heavy (non-hydrogen) atoms. The van der Waals surface area contributed by atoms with Gasteiger partial charge in [-0.25, -0.2) is 0 Å². The zero-order chi connectivity index (χ0) is 26.2. The molecule has 0 aromatic heterocycles. The number of benzene rings is 1. The van der Waals surface area contributed by atoms with Crippen molar-refractivity contribution in [1.29, 1.82) is 0 Å². The smallest absolute Gasteiger partial charge is 0.306 e. The van der Waals surface area contributed by atoms with Gasteiger partial charge in [0.2, 0.25) is 0 Å². The van der Waals surface area contributed by atoms with Crippen LogP contribution in [0.15, 0.2) is 36.1 Å². The van der Waals surface area contributed by atoms with Gasteiger partial charge >= 0.3 is 5.97 Å². The maximum Gasteiger partial charge on any atom is 0.306 e. The van der Waals surface area contributed by atoms with Crippen LogP contribution in [0.5, 0.6) is 0 Å². The fraction of sp³-hybridized carbons (Fsp3) is 0.690. The van der Waals surface area contributed by atoms with E-state index in [1.807, 2.05) is 6.07 Å². The predicted molar refractivity (Wildman–Crippen MR) is 140 cm³/mol. The molecule has 1 aliphatic heterocycles. The highest BCUT2D eigenvalue weighted by atomic mass is 16.7. The Bertz CT molecular complexity index is 751. The minimum atomic E-state index is -1.67. The predicted octanol–water partition coefficient (Wildman–Crippen LogP) is 5.42. The summed E-state index contributed by atoms with van der Waals surface area (Å²) in [5, 5.41) is 41.4. The average Bonchev–Trinajstić information content (AvgIpc) is 2.87. The van der Waals surface area contributed by atoms with Gasteiger partial charge in [-0.05, 0) is 18.1 Å². The van der Waals surface area contributed by atoms with Gasteiger partial charge in [0.05, 0.1) is 0 Å². The Morgan fingerprint density at radius 1 is 0.833 bits per heavy atom. The minimum absolute atomic E-state index is 0.173. The molecule has 1 aromatic rings. The number of aliphatic hydroxyl groups is 4. The molecule has 7 heteroatoms. The van der Waals surface area contributed by atoms with Gasteiger partial charge in [0, 0.05) is 6.42 Å². The normalized spacial score (nSPS) is 24.6. The van der Waals surface area contributed by atoms with Crippen molar-refractivity contribution < 1.29 is 34.7 Å². The monoisotopic (exact) mass is 506 g/mol. The highest BCUT2D eigenvalue weighted by Crippen LogP contribution is 2.27. The van der Waals surface area contributed by atoms with Crippen LogP contribution in [0, 0.1) is 0 Å². The van der Waals surface area contributed by atoms with Crippen molar-refractivity contribution in [2.24, 2.45) is 0 Å². The van der Waals surface area contributed by atoms with Gasteiger partial charge < -0.3 is 29.9 Å². The van der Waals surface area contributed by atoms with Crippen LogP contribution in [0.3, 0.4) is 0 Å². The van der Waals surface area contributed by atoms with Crippen molar-refractivity contribution in [2.45, 2.75) is 128 Å². The van der Waals surface area contributed by atoms with Gasteiger partial charge in [0.15, 0.2) is 12.4 Å². The maximum absolute atomic E-state index is 12.2. The summed E-state index contributed by atoms with van der Waals surface area (Å²) in [5.74, 6) is -0.900. The fourth-order valence-corrected chi connectivity index (χ4v) is 4.52. The third kappa shape index (κ3) is 11.0. The zero-order valence-corrected chi connectivity index (χ0v) is 21.8. The number of hydrogen-bond donors (Lipinski definition) is 4. The number of carbonyl (C=O) groups excluding carboxylic acids is 1.